The lowest BCUT2D eigenvalue weighted by molar-refractivity contribution is 0.257. The van der Waals surface area contributed by atoms with Crippen molar-refractivity contribution in [2.24, 2.45) is 0 Å². The first-order chi connectivity index (χ1) is 8.21. The number of aliphatic hydroxyl groups excluding tert-OH is 1. The number of nitrogens with one attached hydrogen (secondary N) is 1. The number of rotatable bonds is 6. The van der Waals surface area contributed by atoms with Crippen LogP contribution in [0.25, 0.3) is 0 Å². The van der Waals surface area contributed by atoms with Crippen molar-refractivity contribution in [1.29, 1.82) is 5.26 Å². The summed E-state index contributed by atoms with van der Waals surface area (Å²) in [5.41, 5.74) is 1.80. The minimum atomic E-state index is 0.194. The summed E-state index contributed by atoms with van der Waals surface area (Å²) in [4.78, 5) is 0. The monoisotopic (exact) mass is 232 g/mol. The van der Waals surface area contributed by atoms with E-state index in [1.54, 1.807) is 6.07 Å². The molecular weight excluding hydrogens is 212 g/mol. The van der Waals surface area contributed by atoms with Crippen LogP contribution in [0.1, 0.15) is 43.9 Å². The predicted octanol–water partition coefficient (Wildman–Crippen LogP) is 2.37. The van der Waals surface area contributed by atoms with E-state index in [-0.39, 0.29) is 12.6 Å². The zero-order chi connectivity index (χ0) is 12.7. The first-order valence-corrected chi connectivity index (χ1v) is 6.08. The summed E-state index contributed by atoms with van der Waals surface area (Å²) < 4.78 is 0. The molecule has 0 bridgehead atoms. The molecule has 1 aromatic carbocycles. The Bertz CT molecular complexity index is 384. The SMILES string of the molecule is CCC(CCO)NC(C)c1cccc(C#N)c1. The lowest BCUT2D eigenvalue weighted by Crippen LogP contribution is -2.31. The van der Waals surface area contributed by atoms with Crippen LogP contribution in [0.5, 0.6) is 0 Å². The van der Waals surface area contributed by atoms with Crippen LogP contribution in [0.15, 0.2) is 24.3 Å². The summed E-state index contributed by atoms with van der Waals surface area (Å²) >= 11 is 0. The van der Waals surface area contributed by atoms with Gasteiger partial charge < -0.3 is 10.4 Å². The average Bonchev–Trinajstić information content (AvgIpc) is 2.38. The maximum Gasteiger partial charge on any atom is 0.0991 e. The standard InChI is InChI=1S/C14H20N2O/c1-3-14(7-8-17)16-11(2)13-6-4-5-12(9-13)10-15/h4-6,9,11,14,16-17H,3,7-8H2,1-2H3. The van der Waals surface area contributed by atoms with E-state index < -0.39 is 0 Å². The fourth-order valence-corrected chi connectivity index (χ4v) is 1.89. The molecule has 92 valence electrons. The first kappa shape index (κ1) is 13.7. The Hall–Kier alpha value is -1.37. The van der Waals surface area contributed by atoms with Crippen LogP contribution in [0, 0.1) is 11.3 Å². The van der Waals surface area contributed by atoms with Gasteiger partial charge in [-0.1, -0.05) is 19.1 Å². The summed E-state index contributed by atoms with van der Waals surface area (Å²) in [6, 6.07) is 10.3. The van der Waals surface area contributed by atoms with Crippen molar-refractivity contribution in [2.75, 3.05) is 6.61 Å². The van der Waals surface area contributed by atoms with E-state index in [0.29, 0.717) is 11.6 Å². The third-order valence-corrected chi connectivity index (χ3v) is 2.97. The zero-order valence-electron chi connectivity index (χ0n) is 10.5. The molecule has 0 saturated heterocycles. The number of nitrogens with zero attached hydrogens (tertiary/aromatic N) is 1. The van der Waals surface area contributed by atoms with Crippen LogP contribution in [-0.2, 0) is 0 Å². The molecular formula is C14H20N2O. The quantitative estimate of drug-likeness (QED) is 0.791. The van der Waals surface area contributed by atoms with Crippen LogP contribution in [-0.4, -0.2) is 17.8 Å². The fraction of sp³-hybridized carbons (Fsp3) is 0.500. The second kappa shape index (κ2) is 7.05. The molecule has 1 rings (SSSR count). The Labute approximate surface area is 103 Å². The number of nitriles is 1. The maximum atomic E-state index is 8.95. The van der Waals surface area contributed by atoms with E-state index in [1.165, 1.54) is 0 Å². The van der Waals surface area contributed by atoms with E-state index in [4.69, 9.17) is 10.4 Å². The van der Waals surface area contributed by atoms with Crippen LogP contribution < -0.4 is 5.32 Å². The summed E-state index contributed by atoms with van der Waals surface area (Å²) in [7, 11) is 0. The molecule has 0 radical (unpaired) electrons. The van der Waals surface area contributed by atoms with Gasteiger partial charge in [0.25, 0.3) is 0 Å². The van der Waals surface area contributed by atoms with E-state index in [2.05, 4.69) is 25.2 Å². The molecule has 0 heterocycles. The van der Waals surface area contributed by atoms with Crippen LogP contribution in [0.4, 0.5) is 0 Å². The summed E-state index contributed by atoms with van der Waals surface area (Å²) in [6.45, 7) is 4.39. The molecule has 0 spiro atoms. The molecule has 17 heavy (non-hydrogen) atoms. The topological polar surface area (TPSA) is 56.0 Å². The molecule has 0 aromatic heterocycles. The molecule has 3 nitrogen and oxygen atoms in total. The first-order valence-electron chi connectivity index (χ1n) is 6.08. The van der Waals surface area contributed by atoms with Crippen molar-refractivity contribution in [3.05, 3.63) is 35.4 Å². The van der Waals surface area contributed by atoms with Gasteiger partial charge >= 0.3 is 0 Å². The van der Waals surface area contributed by atoms with Crippen molar-refractivity contribution in [1.82, 2.24) is 5.32 Å². The van der Waals surface area contributed by atoms with Gasteiger partial charge in [0, 0.05) is 18.7 Å². The highest BCUT2D eigenvalue weighted by atomic mass is 16.3. The largest absolute Gasteiger partial charge is 0.396 e. The molecule has 3 heteroatoms. The maximum absolute atomic E-state index is 8.95. The highest BCUT2D eigenvalue weighted by Gasteiger charge is 2.11. The minimum absolute atomic E-state index is 0.194. The minimum Gasteiger partial charge on any atom is -0.396 e. The average molecular weight is 232 g/mol. The predicted molar refractivity (Wildman–Crippen MR) is 68.5 cm³/mol. The van der Waals surface area contributed by atoms with Gasteiger partial charge in [-0.05, 0) is 37.5 Å². The molecule has 0 aliphatic rings. The lowest BCUT2D eigenvalue weighted by Gasteiger charge is -2.22. The molecule has 0 aliphatic heterocycles. The molecule has 2 atom stereocenters. The molecule has 0 aliphatic carbocycles. The highest BCUT2D eigenvalue weighted by Crippen LogP contribution is 2.15. The zero-order valence-corrected chi connectivity index (χ0v) is 10.5. The second-order valence-corrected chi connectivity index (χ2v) is 4.24. The molecule has 0 amide bonds. The number of aliphatic hydroxyl groups is 1. The fourth-order valence-electron chi connectivity index (χ4n) is 1.89. The van der Waals surface area contributed by atoms with Gasteiger partial charge in [0.1, 0.15) is 0 Å². The third-order valence-electron chi connectivity index (χ3n) is 2.97. The number of hydrogen-bond donors (Lipinski definition) is 2. The number of hydrogen-bond acceptors (Lipinski definition) is 3. The van der Waals surface area contributed by atoms with E-state index in [1.807, 2.05) is 18.2 Å². The van der Waals surface area contributed by atoms with Crippen molar-refractivity contribution in [2.45, 2.75) is 38.8 Å². The van der Waals surface area contributed by atoms with E-state index in [9.17, 15) is 0 Å². The van der Waals surface area contributed by atoms with Gasteiger partial charge in [-0.15, -0.1) is 0 Å². The summed E-state index contributed by atoms with van der Waals surface area (Å²) in [5, 5.41) is 21.3. The second-order valence-electron chi connectivity index (χ2n) is 4.24. The summed E-state index contributed by atoms with van der Waals surface area (Å²) in [6.07, 6.45) is 1.75. The van der Waals surface area contributed by atoms with E-state index >= 15 is 0 Å². The Kier molecular flexibility index (Phi) is 5.68. The normalized spacial score (nSPS) is 14.0. The van der Waals surface area contributed by atoms with Gasteiger partial charge in [0.05, 0.1) is 11.6 Å². The molecule has 0 saturated carbocycles. The lowest BCUT2D eigenvalue weighted by atomic mass is 10.0. The van der Waals surface area contributed by atoms with Crippen LogP contribution in [0.2, 0.25) is 0 Å². The molecule has 1 aromatic rings. The molecule has 2 N–H and O–H groups in total. The summed E-state index contributed by atoms with van der Waals surface area (Å²) in [5.74, 6) is 0. The van der Waals surface area contributed by atoms with Gasteiger partial charge in [-0.2, -0.15) is 5.26 Å². The van der Waals surface area contributed by atoms with Crippen molar-refractivity contribution >= 4 is 0 Å². The molecule has 0 fully saturated rings. The molecule has 2 unspecified atom stereocenters. The Balaban J connectivity index is 2.68. The van der Waals surface area contributed by atoms with Crippen molar-refractivity contribution < 1.29 is 5.11 Å². The van der Waals surface area contributed by atoms with Gasteiger partial charge in [0.2, 0.25) is 0 Å². The number of benzene rings is 1. The third kappa shape index (κ3) is 4.18. The highest BCUT2D eigenvalue weighted by molar-refractivity contribution is 5.34. The van der Waals surface area contributed by atoms with Crippen molar-refractivity contribution in [3.63, 3.8) is 0 Å². The van der Waals surface area contributed by atoms with Crippen LogP contribution in [0.3, 0.4) is 0 Å². The van der Waals surface area contributed by atoms with Crippen LogP contribution >= 0.6 is 0 Å². The Morgan fingerprint density at radius 3 is 2.82 bits per heavy atom. The van der Waals surface area contributed by atoms with Gasteiger partial charge in [-0.3, -0.25) is 0 Å². The van der Waals surface area contributed by atoms with Gasteiger partial charge in [0.15, 0.2) is 0 Å². The Morgan fingerprint density at radius 2 is 2.24 bits per heavy atom. The van der Waals surface area contributed by atoms with Gasteiger partial charge in [-0.25, -0.2) is 0 Å². The Morgan fingerprint density at radius 1 is 1.47 bits per heavy atom. The van der Waals surface area contributed by atoms with Crippen molar-refractivity contribution in [3.8, 4) is 6.07 Å². The van der Waals surface area contributed by atoms with E-state index in [0.717, 1.165) is 18.4 Å². The smallest absolute Gasteiger partial charge is 0.0991 e.